The lowest BCUT2D eigenvalue weighted by Crippen LogP contribution is -2.14. The van der Waals surface area contributed by atoms with E-state index in [9.17, 15) is 5.11 Å². The van der Waals surface area contributed by atoms with Crippen molar-refractivity contribution in [3.05, 3.63) is 36.2 Å². The second kappa shape index (κ2) is 7.51. The fourth-order valence-corrected chi connectivity index (χ4v) is 3.42. The first kappa shape index (κ1) is 15.9. The van der Waals surface area contributed by atoms with E-state index in [4.69, 9.17) is 5.73 Å². The Kier molecular flexibility index (Phi) is 5.18. The minimum atomic E-state index is 0.269. The maximum absolute atomic E-state index is 9.79. The molecule has 0 radical (unpaired) electrons. The van der Waals surface area contributed by atoms with Crippen LogP contribution in [0.1, 0.15) is 50.1 Å². The fourth-order valence-electron chi connectivity index (χ4n) is 3.42. The van der Waals surface area contributed by atoms with Crippen LogP contribution in [0.25, 0.3) is 5.69 Å². The first-order chi connectivity index (χ1) is 11.3. The predicted molar refractivity (Wildman–Crippen MR) is 93.2 cm³/mol. The van der Waals surface area contributed by atoms with Gasteiger partial charge < -0.3 is 16.2 Å². The SMILES string of the molecule is NCCCNc1cnn(-c2cccc(O)c2)c1C1CCCCC1. The van der Waals surface area contributed by atoms with Gasteiger partial charge in [-0.2, -0.15) is 5.10 Å². The third-order valence-electron chi connectivity index (χ3n) is 4.57. The van der Waals surface area contributed by atoms with Crippen LogP contribution in [0, 0.1) is 0 Å². The van der Waals surface area contributed by atoms with E-state index < -0.39 is 0 Å². The average molecular weight is 314 g/mol. The summed E-state index contributed by atoms with van der Waals surface area (Å²) in [5, 5.41) is 17.9. The Balaban J connectivity index is 1.94. The van der Waals surface area contributed by atoms with Crippen molar-refractivity contribution in [1.29, 1.82) is 0 Å². The number of aromatic hydroxyl groups is 1. The summed E-state index contributed by atoms with van der Waals surface area (Å²) >= 11 is 0. The number of rotatable bonds is 6. The molecule has 0 amide bonds. The molecule has 3 rings (SSSR count). The second-order valence-corrected chi connectivity index (χ2v) is 6.28. The minimum absolute atomic E-state index is 0.269. The molecule has 5 heteroatoms. The van der Waals surface area contributed by atoms with Gasteiger partial charge in [0.05, 0.1) is 23.3 Å². The number of phenols is 1. The number of hydrogen-bond donors (Lipinski definition) is 3. The Hall–Kier alpha value is -2.01. The number of anilines is 1. The smallest absolute Gasteiger partial charge is 0.117 e. The molecule has 2 aromatic rings. The standard InChI is InChI=1S/C18H26N4O/c19-10-5-11-20-17-13-21-22(15-8-4-9-16(23)12-15)18(17)14-6-2-1-3-7-14/h4,8-9,12-14,20,23H,1-3,5-7,10-11,19H2. The topological polar surface area (TPSA) is 76.1 Å². The molecule has 0 aliphatic heterocycles. The summed E-state index contributed by atoms with van der Waals surface area (Å²) in [6.07, 6.45) is 9.14. The first-order valence-electron chi connectivity index (χ1n) is 8.61. The molecule has 1 aliphatic rings. The van der Waals surface area contributed by atoms with E-state index in [1.165, 1.54) is 37.8 Å². The fraction of sp³-hybridized carbons (Fsp3) is 0.500. The van der Waals surface area contributed by atoms with Crippen molar-refractivity contribution in [3.8, 4) is 11.4 Å². The Morgan fingerprint density at radius 1 is 1.26 bits per heavy atom. The molecule has 1 heterocycles. The minimum Gasteiger partial charge on any atom is -0.508 e. The van der Waals surface area contributed by atoms with Gasteiger partial charge in [0.15, 0.2) is 0 Å². The Morgan fingerprint density at radius 3 is 2.83 bits per heavy atom. The van der Waals surface area contributed by atoms with Crippen LogP contribution in [0.5, 0.6) is 5.75 Å². The van der Waals surface area contributed by atoms with Crippen molar-refractivity contribution in [2.45, 2.75) is 44.4 Å². The lowest BCUT2D eigenvalue weighted by molar-refractivity contribution is 0.430. The monoisotopic (exact) mass is 314 g/mol. The molecule has 1 aliphatic carbocycles. The Labute approximate surface area is 137 Å². The van der Waals surface area contributed by atoms with Crippen molar-refractivity contribution < 1.29 is 5.11 Å². The van der Waals surface area contributed by atoms with E-state index in [-0.39, 0.29) is 5.75 Å². The van der Waals surface area contributed by atoms with Gasteiger partial charge in [0.1, 0.15) is 5.75 Å². The van der Waals surface area contributed by atoms with Crippen molar-refractivity contribution in [2.75, 3.05) is 18.4 Å². The zero-order valence-electron chi connectivity index (χ0n) is 13.5. The summed E-state index contributed by atoms with van der Waals surface area (Å²) in [5.74, 6) is 0.791. The van der Waals surface area contributed by atoms with E-state index in [2.05, 4.69) is 10.4 Å². The lowest BCUT2D eigenvalue weighted by atomic mass is 9.86. The summed E-state index contributed by atoms with van der Waals surface area (Å²) < 4.78 is 1.99. The molecule has 1 aromatic heterocycles. The van der Waals surface area contributed by atoms with Crippen LogP contribution in [-0.4, -0.2) is 28.0 Å². The van der Waals surface area contributed by atoms with Crippen LogP contribution in [0.15, 0.2) is 30.5 Å². The maximum atomic E-state index is 9.79. The lowest BCUT2D eigenvalue weighted by Gasteiger charge is -2.24. The zero-order chi connectivity index (χ0) is 16.1. The van der Waals surface area contributed by atoms with E-state index in [0.29, 0.717) is 12.5 Å². The summed E-state index contributed by atoms with van der Waals surface area (Å²) in [6, 6.07) is 7.30. The van der Waals surface area contributed by atoms with Gasteiger partial charge in [0.25, 0.3) is 0 Å². The highest BCUT2D eigenvalue weighted by molar-refractivity contribution is 5.52. The Bertz CT molecular complexity index is 632. The van der Waals surface area contributed by atoms with Crippen molar-refractivity contribution in [2.24, 2.45) is 5.73 Å². The summed E-state index contributed by atoms with van der Waals surface area (Å²) in [4.78, 5) is 0. The highest BCUT2D eigenvalue weighted by atomic mass is 16.3. The molecule has 0 saturated heterocycles. The number of aromatic nitrogens is 2. The predicted octanol–water partition coefficient (Wildman–Crippen LogP) is 3.39. The number of benzene rings is 1. The summed E-state index contributed by atoms with van der Waals surface area (Å²) in [7, 11) is 0. The molecule has 0 bridgehead atoms. The molecule has 1 saturated carbocycles. The molecule has 124 valence electrons. The second-order valence-electron chi connectivity index (χ2n) is 6.28. The molecule has 5 nitrogen and oxygen atoms in total. The van der Waals surface area contributed by atoms with Crippen LogP contribution in [0.3, 0.4) is 0 Å². The molecular weight excluding hydrogens is 288 g/mol. The Morgan fingerprint density at radius 2 is 2.09 bits per heavy atom. The molecule has 23 heavy (non-hydrogen) atoms. The first-order valence-corrected chi connectivity index (χ1v) is 8.61. The molecule has 0 atom stereocenters. The highest BCUT2D eigenvalue weighted by Gasteiger charge is 2.24. The number of nitrogens with two attached hydrogens (primary N) is 1. The van der Waals surface area contributed by atoms with E-state index in [1.54, 1.807) is 12.1 Å². The van der Waals surface area contributed by atoms with Crippen LogP contribution in [0.4, 0.5) is 5.69 Å². The van der Waals surface area contributed by atoms with Gasteiger partial charge in [0.2, 0.25) is 0 Å². The highest BCUT2D eigenvalue weighted by Crippen LogP contribution is 2.37. The van der Waals surface area contributed by atoms with Gasteiger partial charge in [-0.25, -0.2) is 4.68 Å². The van der Waals surface area contributed by atoms with Crippen LogP contribution in [-0.2, 0) is 0 Å². The van der Waals surface area contributed by atoms with Crippen LogP contribution < -0.4 is 11.1 Å². The molecule has 1 fully saturated rings. The van der Waals surface area contributed by atoms with Crippen LogP contribution in [0.2, 0.25) is 0 Å². The molecule has 4 N–H and O–H groups in total. The number of nitrogens with zero attached hydrogens (tertiary/aromatic N) is 2. The van der Waals surface area contributed by atoms with Crippen LogP contribution >= 0.6 is 0 Å². The van der Waals surface area contributed by atoms with Gasteiger partial charge in [-0.15, -0.1) is 0 Å². The van der Waals surface area contributed by atoms with Crippen molar-refractivity contribution in [3.63, 3.8) is 0 Å². The van der Waals surface area contributed by atoms with E-state index in [1.807, 2.05) is 23.0 Å². The maximum Gasteiger partial charge on any atom is 0.117 e. The van der Waals surface area contributed by atoms with Gasteiger partial charge in [-0.05, 0) is 37.9 Å². The van der Waals surface area contributed by atoms with Gasteiger partial charge in [0, 0.05) is 18.5 Å². The third-order valence-corrected chi connectivity index (χ3v) is 4.57. The molecule has 0 spiro atoms. The van der Waals surface area contributed by atoms with E-state index >= 15 is 0 Å². The van der Waals surface area contributed by atoms with Crippen molar-refractivity contribution >= 4 is 5.69 Å². The summed E-state index contributed by atoms with van der Waals surface area (Å²) in [6.45, 7) is 1.55. The zero-order valence-corrected chi connectivity index (χ0v) is 13.5. The molecule has 1 aromatic carbocycles. The molecular formula is C18H26N4O. The van der Waals surface area contributed by atoms with E-state index in [0.717, 1.165) is 24.3 Å². The normalized spacial score (nSPS) is 15.7. The van der Waals surface area contributed by atoms with Gasteiger partial charge in [-0.3, -0.25) is 0 Å². The quantitative estimate of drug-likeness (QED) is 0.714. The number of hydrogen-bond acceptors (Lipinski definition) is 4. The number of nitrogens with one attached hydrogen (secondary N) is 1. The average Bonchev–Trinajstić information content (AvgIpc) is 3.00. The third kappa shape index (κ3) is 3.67. The van der Waals surface area contributed by atoms with Gasteiger partial charge in [-0.1, -0.05) is 25.3 Å². The van der Waals surface area contributed by atoms with Crippen molar-refractivity contribution in [1.82, 2.24) is 9.78 Å². The molecule has 0 unspecified atom stereocenters. The largest absolute Gasteiger partial charge is 0.508 e. The summed E-state index contributed by atoms with van der Waals surface area (Å²) in [5.41, 5.74) is 8.86. The number of phenolic OH excluding ortho intramolecular Hbond substituents is 1. The van der Waals surface area contributed by atoms with Gasteiger partial charge >= 0.3 is 0 Å².